The van der Waals surface area contributed by atoms with E-state index in [9.17, 15) is 22.0 Å². The number of fused-ring (bicyclic) bond motifs is 2. The van der Waals surface area contributed by atoms with E-state index >= 15 is 0 Å². The lowest BCUT2D eigenvalue weighted by Crippen LogP contribution is -2.30. The van der Waals surface area contributed by atoms with E-state index in [0.717, 1.165) is 24.7 Å². The number of carbonyl (C=O) groups excluding carboxylic acids is 1. The van der Waals surface area contributed by atoms with Gasteiger partial charge in [0.05, 0.1) is 30.7 Å². The number of nitrogens with one attached hydrogen (secondary N) is 1. The molecule has 0 atom stereocenters. The molecule has 2 aliphatic rings. The Kier molecular flexibility index (Phi) is 6.23. The topological polar surface area (TPSA) is 88.8 Å². The van der Waals surface area contributed by atoms with Gasteiger partial charge in [0, 0.05) is 24.1 Å². The number of anilines is 1. The number of amides is 1. The highest BCUT2D eigenvalue weighted by Gasteiger charge is 2.33. The van der Waals surface area contributed by atoms with Crippen molar-refractivity contribution in [3.05, 3.63) is 82.4 Å². The van der Waals surface area contributed by atoms with Crippen LogP contribution >= 0.6 is 0 Å². The number of sulfonamides is 1. The summed E-state index contributed by atoms with van der Waals surface area (Å²) in [5.41, 5.74) is 4.02. The van der Waals surface area contributed by atoms with Gasteiger partial charge in [-0.05, 0) is 77.3 Å². The molecule has 0 bridgehead atoms. The van der Waals surface area contributed by atoms with E-state index in [1.807, 2.05) is 6.07 Å². The van der Waals surface area contributed by atoms with Crippen molar-refractivity contribution >= 4 is 45.5 Å². The Labute approximate surface area is 225 Å². The summed E-state index contributed by atoms with van der Waals surface area (Å²) >= 11 is 0. The monoisotopic (exact) mass is 550 g/mol. The fourth-order valence-electron chi connectivity index (χ4n) is 5.19. The van der Waals surface area contributed by atoms with Gasteiger partial charge in [-0.25, -0.2) is 17.2 Å². The number of furan rings is 1. The van der Waals surface area contributed by atoms with Crippen molar-refractivity contribution in [3.8, 4) is 11.3 Å². The maximum absolute atomic E-state index is 14.7. The molecule has 4 aromatic rings. The van der Waals surface area contributed by atoms with Gasteiger partial charge in [-0.1, -0.05) is 6.07 Å². The van der Waals surface area contributed by atoms with Crippen LogP contribution in [0, 0.1) is 11.6 Å². The lowest BCUT2D eigenvalue weighted by molar-refractivity contribution is 0.0964. The van der Waals surface area contributed by atoms with Crippen molar-refractivity contribution < 1.29 is 31.1 Å². The number of benzene rings is 3. The van der Waals surface area contributed by atoms with Crippen LogP contribution in [-0.4, -0.2) is 35.1 Å². The van der Waals surface area contributed by atoms with Gasteiger partial charge >= 0.3 is 7.48 Å². The minimum atomic E-state index is -3.80. The second-order valence-corrected chi connectivity index (χ2v) is 12.0. The summed E-state index contributed by atoms with van der Waals surface area (Å²) in [6.45, 7) is 0.196. The van der Waals surface area contributed by atoms with Gasteiger partial charge in [0.1, 0.15) is 23.0 Å². The second-order valence-electron chi connectivity index (χ2n) is 10.1. The Hall–Kier alpha value is -3.70. The third-order valence-corrected chi connectivity index (χ3v) is 8.39. The zero-order valence-electron chi connectivity index (χ0n) is 21.4. The fraction of sp³-hybridized carbons (Fsp3) is 0.250. The molecule has 1 aliphatic carbocycles. The van der Waals surface area contributed by atoms with E-state index in [4.69, 9.17) is 9.07 Å². The number of rotatable bonds is 7. The Morgan fingerprint density at radius 1 is 1.13 bits per heavy atom. The molecule has 6 rings (SSSR count). The first-order valence-electron chi connectivity index (χ1n) is 12.6. The van der Waals surface area contributed by atoms with Gasteiger partial charge in [0.15, 0.2) is 0 Å². The maximum Gasteiger partial charge on any atom is 0.312 e. The van der Waals surface area contributed by atoms with Crippen LogP contribution in [-0.2, 0) is 27.8 Å². The smallest absolute Gasteiger partial charge is 0.312 e. The summed E-state index contributed by atoms with van der Waals surface area (Å²) in [5.74, 6) is -0.849. The van der Waals surface area contributed by atoms with Crippen LogP contribution in [0.15, 0.2) is 52.9 Å². The zero-order valence-corrected chi connectivity index (χ0v) is 22.2. The Bertz CT molecular complexity index is 1730. The van der Waals surface area contributed by atoms with Crippen LogP contribution in [0.25, 0.3) is 22.3 Å². The first-order chi connectivity index (χ1) is 18.6. The van der Waals surface area contributed by atoms with Crippen molar-refractivity contribution in [2.45, 2.75) is 31.9 Å². The lowest BCUT2D eigenvalue weighted by Gasteiger charge is -2.25. The van der Waals surface area contributed by atoms with E-state index in [1.165, 1.54) is 41.7 Å². The number of hydrogen-bond acceptors (Lipinski definition) is 5. The fourth-order valence-corrected chi connectivity index (χ4v) is 6.09. The quantitative estimate of drug-likeness (QED) is 0.351. The average Bonchev–Trinajstić information content (AvgIpc) is 3.51. The molecule has 1 fully saturated rings. The average molecular weight is 550 g/mol. The van der Waals surface area contributed by atoms with E-state index in [0.29, 0.717) is 44.4 Å². The van der Waals surface area contributed by atoms with Crippen molar-refractivity contribution in [2.75, 3.05) is 17.6 Å². The Morgan fingerprint density at radius 2 is 1.87 bits per heavy atom. The molecule has 3 aromatic carbocycles. The van der Waals surface area contributed by atoms with Crippen LogP contribution < -0.4 is 15.1 Å². The van der Waals surface area contributed by atoms with Crippen LogP contribution in [0.1, 0.15) is 45.8 Å². The molecule has 0 spiro atoms. The molecule has 1 N–H and O–H groups in total. The molecule has 200 valence electrons. The Balaban J connectivity index is 1.53. The minimum Gasteiger partial charge on any atom is -0.455 e. The normalized spacial score (nSPS) is 14.8. The molecular weight excluding hydrogens is 525 g/mol. The summed E-state index contributed by atoms with van der Waals surface area (Å²) in [7, 11) is -2.10. The van der Waals surface area contributed by atoms with E-state index in [1.54, 1.807) is 12.1 Å². The van der Waals surface area contributed by atoms with Gasteiger partial charge in [-0.3, -0.25) is 9.10 Å². The van der Waals surface area contributed by atoms with E-state index in [2.05, 4.69) is 5.32 Å². The summed E-state index contributed by atoms with van der Waals surface area (Å²) in [6, 6.07) is 12.2. The summed E-state index contributed by atoms with van der Waals surface area (Å²) in [5, 5.41) is 3.18. The Morgan fingerprint density at radius 3 is 2.54 bits per heavy atom. The third-order valence-electron chi connectivity index (χ3n) is 7.26. The van der Waals surface area contributed by atoms with Crippen LogP contribution in [0.3, 0.4) is 0 Å². The van der Waals surface area contributed by atoms with E-state index < -0.39 is 21.7 Å². The second kappa shape index (κ2) is 9.50. The molecule has 1 aromatic heterocycles. The third kappa shape index (κ3) is 4.70. The minimum absolute atomic E-state index is 0.0813. The first kappa shape index (κ1) is 25.6. The maximum atomic E-state index is 14.7. The highest BCUT2D eigenvalue weighted by molar-refractivity contribution is 7.92. The van der Waals surface area contributed by atoms with Crippen LogP contribution in [0.2, 0.25) is 0 Å². The highest BCUT2D eigenvalue weighted by atomic mass is 32.2. The number of carbonyl (C=O) groups is 1. The zero-order chi connectivity index (χ0) is 27.5. The molecule has 0 saturated heterocycles. The molecule has 1 amide bonds. The lowest BCUT2D eigenvalue weighted by atomic mass is 9.86. The van der Waals surface area contributed by atoms with Gasteiger partial charge in [0.25, 0.3) is 5.91 Å². The molecule has 0 unspecified atom stereocenters. The van der Waals surface area contributed by atoms with Gasteiger partial charge < -0.3 is 14.4 Å². The molecule has 7 nitrogen and oxygen atoms in total. The summed E-state index contributed by atoms with van der Waals surface area (Å²) < 4.78 is 67.4. The molecule has 0 radical (unpaired) electrons. The van der Waals surface area contributed by atoms with Crippen molar-refractivity contribution in [1.82, 2.24) is 5.32 Å². The SMILES string of the molecule is CNC(=O)c1c(-c2ccc(F)cc2)oc2cc(N(Cc3cc(F)c4c(c3)COB4)S(C)(=O)=O)c(C3CC3)cc12. The predicted octanol–water partition coefficient (Wildman–Crippen LogP) is 4.09. The molecule has 2 heterocycles. The summed E-state index contributed by atoms with van der Waals surface area (Å²) in [6.07, 6.45) is 2.86. The van der Waals surface area contributed by atoms with Crippen molar-refractivity contribution in [3.63, 3.8) is 0 Å². The van der Waals surface area contributed by atoms with Crippen molar-refractivity contribution in [1.29, 1.82) is 0 Å². The number of hydrogen-bond donors (Lipinski definition) is 1. The van der Waals surface area contributed by atoms with Gasteiger partial charge in [0.2, 0.25) is 10.0 Å². The molecule has 1 aliphatic heterocycles. The molecular formula is C28H25BF2N2O5S. The van der Waals surface area contributed by atoms with E-state index in [-0.39, 0.29) is 38.2 Å². The highest BCUT2D eigenvalue weighted by Crippen LogP contribution is 2.48. The van der Waals surface area contributed by atoms with Gasteiger partial charge in [-0.2, -0.15) is 0 Å². The van der Waals surface area contributed by atoms with Crippen LogP contribution in [0.5, 0.6) is 0 Å². The standard InChI is InChI=1S/C28H25BF2N2O5S/c1-32-28(34)25-21-11-20(16-3-4-16)23(12-24(21)38-27(25)17-5-7-19(30)8-6-17)33(39(2,35)36)13-15-9-18-14-37-29-26(18)22(31)10-15/h5-12,16,29H,3-4,13-14H2,1-2H3,(H,32,34). The molecule has 1 saturated carbocycles. The number of halogens is 2. The van der Waals surface area contributed by atoms with Crippen LogP contribution in [0.4, 0.5) is 14.5 Å². The summed E-state index contributed by atoms with van der Waals surface area (Å²) in [4.78, 5) is 13.0. The molecule has 39 heavy (non-hydrogen) atoms. The number of nitrogens with zero attached hydrogens (tertiary/aromatic N) is 1. The molecule has 11 heteroatoms. The largest absolute Gasteiger partial charge is 0.455 e. The first-order valence-corrected chi connectivity index (χ1v) is 14.4. The van der Waals surface area contributed by atoms with Gasteiger partial charge in [-0.15, -0.1) is 0 Å². The predicted molar refractivity (Wildman–Crippen MR) is 146 cm³/mol. The van der Waals surface area contributed by atoms with Crippen molar-refractivity contribution in [2.24, 2.45) is 0 Å².